The molecule has 2 aliphatic rings. The highest BCUT2D eigenvalue weighted by Gasteiger charge is 2.38. The zero-order valence-electron chi connectivity index (χ0n) is 29.2. The highest BCUT2D eigenvalue weighted by atomic mass is 31.3. The molecule has 0 amide bonds. The molecule has 12 unspecified atom stereocenters. The lowest BCUT2D eigenvalue weighted by molar-refractivity contribution is -0.252. The summed E-state index contributed by atoms with van der Waals surface area (Å²) in [6, 6.07) is 0. The van der Waals surface area contributed by atoms with Crippen LogP contribution in [0.4, 0.5) is 0 Å². The van der Waals surface area contributed by atoms with Crippen LogP contribution in [0, 0.1) is 13.8 Å². The molecule has 0 radical (unpaired) electrons. The first-order valence-corrected chi connectivity index (χ1v) is 23.6. The Kier molecular flexibility index (Phi) is 17.4. The first-order chi connectivity index (χ1) is 26.4. The normalized spacial score (nSPS) is 27.9. The third-order valence-electron chi connectivity index (χ3n) is 7.06. The number of aromatic nitrogens is 4. The van der Waals surface area contributed by atoms with Gasteiger partial charge in [0.1, 0.15) is 24.7 Å². The van der Waals surface area contributed by atoms with Crippen molar-refractivity contribution in [1.82, 2.24) is 19.1 Å². The fourth-order valence-electron chi connectivity index (χ4n) is 4.53. The van der Waals surface area contributed by atoms with Crippen LogP contribution in [-0.4, -0.2) is 78.9 Å². The predicted octanol–water partition coefficient (Wildman–Crippen LogP) is -5.35. The molecule has 0 bridgehead atoms. The van der Waals surface area contributed by atoms with E-state index in [-0.39, 0.29) is 24.0 Å². The first-order valence-electron chi connectivity index (χ1n) is 15.2. The van der Waals surface area contributed by atoms with Crippen LogP contribution in [0.3, 0.4) is 0 Å². The number of phosphoric ester groups is 2. The number of phosphoric acid groups is 5. The van der Waals surface area contributed by atoms with Crippen LogP contribution >= 0.6 is 47.7 Å². The van der Waals surface area contributed by atoms with Crippen molar-refractivity contribution in [2.24, 2.45) is 0 Å². The number of hydrogen-bond acceptors (Lipinski definition) is 26. The van der Waals surface area contributed by atoms with E-state index >= 15 is 0 Å². The Bertz CT molecular complexity index is 2250. The Labute approximate surface area is 323 Å². The Morgan fingerprint density at radius 1 is 0.741 bits per heavy atom. The molecule has 37 heteroatoms. The van der Waals surface area contributed by atoms with Crippen LogP contribution in [-0.2, 0) is 63.1 Å². The highest BCUT2D eigenvalue weighted by molar-refractivity contribution is 7.65. The Morgan fingerprint density at radius 2 is 1.17 bits per heavy atom. The number of aryl methyl sites for hydroxylation is 2. The van der Waals surface area contributed by atoms with Crippen LogP contribution < -0.4 is 51.9 Å². The largest absolute Gasteiger partial charge is 0.786 e. The number of H-pyrrole nitrogens is 2. The zero-order valence-corrected chi connectivity index (χ0v) is 34.5. The van der Waals surface area contributed by atoms with Gasteiger partial charge < -0.3 is 67.5 Å². The Morgan fingerprint density at radius 3 is 1.60 bits per heavy atom. The van der Waals surface area contributed by atoms with Gasteiger partial charge in [-0.3, -0.25) is 55.8 Å². The van der Waals surface area contributed by atoms with Crippen LogP contribution in [0.15, 0.2) is 31.6 Å². The number of hydrogen-bond donors (Lipinski definition) is 5. The molecule has 0 spiro atoms. The average molecular weight is 956 g/mol. The average Bonchev–Trinajstić information content (AvgIpc) is 3.61. The monoisotopic (exact) mass is 956 g/mol. The fourth-order valence-corrected chi connectivity index (χ4v) is 10.2. The van der Waals surface area contributed by atoms with Crippen molar-refractivity contribution < 1.29 is 108 Å². The molecular formula is C21H30N4O27P6-6. The van der Waals surface area contributed by atoms with E-state index in [4.69, 9.17) is 14.4 Å². The van der Waals surface area contributed by atoms with Crippen molar-refractivity contribution in [3.05, 3.63) is 65.2 Å². The number of aliphatic hydroxyl groups excluding tert-OH is 2. The highest BCUT2D eigenvalue weighted by Crippen LogP contribution is 2.63. The minimum absolute atomic E-state index is 0.107. The van der Waals surface area contributed by atoms with Crippen molar-refractivity contribution in [2.45, 2.75) is 63.6 Å². The summed E-state index contributed by atoms with van der Waals surface area (Å²) in [5.74, 6) is 0. The fraction of sp³-hybridized carbons (Fsp3) is 0.619. The number of rotatable bonds is 17. The molecule has 4 rings (SSSR count). The number of nitrogens with zero attached hydrogens (tertiary/aromatic N) is 2. The van der Waals surface area contributed by atoms with Gasteiger partial charge in [0.05, 0.1) is 34.0 Å². The lowest BCUT2D eigenvalue weighted by Crippen LogP contribution is -2.33. The van der Waals surface area contributed by atoms with Gasteiger partial charge in [-0.25, -0.2) is 22.5 Å². The van der Waals surface area contributed by atoms with E-state index in [1.807, 2.05) is 4.98 Å². The molecule has 2 fully saturated rings. The lowest BCUT2D eigenvalue weighted by atomic mass is 10.2. The summed E-state index contributed by atoms with van der Waals surface area (Å²) in [6.07, 6.45) is -5.09. The van der Waals surface area contributed by atoms with Gasteiger partial charge in [0, 0.05) is 43.5 Å². The lowest BCUT2D eigenvalue weighted by Gasteiger charge is -2.34. The van der Waals surface area contributed by atoms with Gasteiger partial charge in [-0.1, -0.05) is 0 Å². The van der Waals surface area contributed by atoms with Crippen LogP contribution in [0.1, 0.15) is 36.4 Å². The van der Waals surface area contributed by atoms with Gasteiger partial charge in [-0.05, 0) is 13.8 Å². The summed E-state index contributed by atoms with van der Waals surface area (Å²) < 4.78 is 94.6. The second kappa shape index (κ2) is 19.9. The SMILES string of the molecule is COP(=O)([O-])OP(=O)([O-])OP(=O)([O-])OCC1OC(n2cc(C)c(=O)[nH]c2=O)CC1O.Cc1cn(C2CC(O)C(COP([O-])OP(=O)([O-])OP(=O)([O-])O)O2)c(=O)[nH]c1=O. The summed E-state index contributed by atoms with van der Waals surface area (Å²) in [7, 11) is -31.3. The number of aliphatic hydroxyl groups is 2. The molecule has 0 aliphatic carbocycles. The maximum absolute atomic E-state index is 11.9. The van der Waals surface area contributed by atoms with Crippen LogP contribution in [0.5, 0.6) is 0 Å². The predicted molar refractivity (Wildman–Crippen MR) is 172 cm³/mol. The minimum Gasteiger partial charge on any atom is -0.786 e. The van der Waals surface area contributed by atoms with E-state index in [0.29, 0.717) is 7.11 Å². The van der Waals surface area contributed by atoms with Crippen molar-refractivity contribution in [3.8, 4) is 0 Å². The van der Waals surface area contributed by atoms with E-state index in [0.717, 1.165) is 9.13 Å². The van der Waals surface area contributed by atoms with Crippen LogP contribution in [0.2, 0.25) is 0 Å². The van der Waals surface area contributed by atoms with Gasteiger partial charge in [0.15, 0.2) is 0 Å². The topological polar surface area (TPSA) is 477 Å². The van der Waals surface area contributed by atoms with E-state index in [9.17, 15) is 81.6 Å². The van der Waals surface area contributed by atoms with Gasteiger partial charge >= 0.3 is 11.4 Å². The molecule has 12 atom stereocenters. The van der Waals surface area contributed by atoms with Crippen molar-refractivity contribution in [1.29, 1.82) is 0 Å². The molecule has 0 saturated carbocycles. The molecule has 2 saturated heterocycles. The summed E-state index contributed by atoms with van der Waals surface area (Å²) in [4.78, 5) is 126. The third kappa shape index (κ3) is 15.6. The maximum atomic E-state index is 11.9. The summed E-state index contributed by atoms with van der Waals surface area (Å²) in [6.45, 7) is 1.24. The molecule has 58 heavy (non-hydrogen) atoms. The molecule has 5 N–H and O–H groups in total. The van der Waals surface area contributed by atoms with Crippen molar-refractivity contribution in [2.75, 3.05) is 20.3 Å². The maximum Gasteiger partial charge on any atom is 0.330 e. The molecule has 2 aliphatic heterocycles. The molecule has 332 valence electrons. The summed E-state index contributed by atoms with van der Waals surface area (Å²) >= 11 is 0. The Hall–Kier alpha value is -1.78. The van der Waals surface area contributed by atoms with Gasteiger partial charge in [0.2, 0.25) is 0 Å². The molecule has 2 aromatic rings. The van der Waals surface area contributed by atoms with Crippen molar-refractivity contribution >= 4 is 47.7 Å². The van der Waals surface area contributed by atoms with Gasteiger partial charge in [-0.15, -0.1) is 0 Å². The van der Waals surface area contributed by atoms with E-state index in [2.05, 4.69) is 35.8 Å². The van der Waals surface area contributed by atoms with E-state index in [1.165, 1.54) is 26.2 Å². The van der Waals surface area contributed by atoms with Crippen molar-refractivity contribution in [3.63, 3.8) is 0 Å². The number of ether oxygens (including phenoxy) is 2. The molecule has 31 nitrogen and oxygen atoms in total. The minimum atomic E-state index is -5.94. The summed E-state index contributed by atoms with van der Waals surface area (Å²) in [5, 5.41) is 19.9. The number of aromatic amines is 2. The van der Waals surface area contributed by atoms with Gasteiger partial charge in [-0.2, -0.15) is 0 Å². The smallest absolute Gasteiger partial charge is 0.330 e. The third-order valence-corrected chi connectivity index (χ3v) is 14.5. The number of nitrogens with one attached hydrogen (secondary N) is 2. The zero-order chi connectivity index (χ0) is 44.2. The molecule has 0 aromatic carbocycles. The first kappa shape index (κ1) is 50.6. The molecule has 4 heterocycles. The van der Waals surface area contributed by atoms with E-state index < -0.39 is 120 Å². The molecule has 2 aromatic heterocycles. The van der Waals surface area contributed by atoms with Gasteiger partial charge in [0.25, 0.3) is 50.2 Å². The second-order valence-corrected chi connectivity index (χ2v) is 19.9. The Balaban J connectivity index is 0.000000311. The standard InChI is InChI=1S/C11H19N2O14P3.C10H16N2O13P3/c1-6-4-13(11(16)12-10(6)15)9-3-7(14)8(25-9)5-24-29(19,20)27-30(21,22)26-28(17,18)23-2;1-5-3-12(10(15)11-9(5)14)8-2-6(13)7(23-8)4-22-26(16)24-28(20,21)25-27(17,18)19/h4,7-9,14H,3,5H2,1-2H3,(H,17,18)(H,19,20)(H,21,22)(H,12,15,16);3,6-8,13H,2,4H2,1H3,(H,20,21)(H,11,14,15)(H2,17,18,19)/q;-1/p-5. The summed E-state index contributed by atoms with van der Waals surface area (Å²) in [5.41, 5.74) is -2.48. The molecular weight excluding hydrogens is 926 g/mol. The van der Waals surface area contributed by atoms with Crippen LogP contribution in [0.25, 0.3) is 0 Å². The second-order valence-electron chi connectivity index (χ2n) is 11.4. The quantitative estimate of drug-likeness (QED) is 0.0924. The van der Waals surface area contributed by atoms with E-state index in [1.54, 1.807) is 0 Å².